The minimum Gasteiger partial charge on any atom is -0.296 e. The lowest BCUT2D eigenvalue weighted by Gasteiger charge is -2.05. The van der Waals surface area contributed by atoms with E-state index < -0.39 is 5.97 Å². The predicted molar refractivity (Wildman–Crippen MR) is 37.4 cm³/mol. The van der Waals surface area contributed by atoms with Gasteiger partial charge in [-0.3, -0.25) is 4.89 Å². The van der Waals surface area contributed by atoms with Gasteiger partial charge in [0.15, 0.2) is 0 Å². The summed E-state index contributed by atoms with van der Waals surface area (Å²) in [5.74, 6) is -0.838. The van der Waals surface area contributed by atoms with Gasteiger partial charge < -0.3 is 0 Å². The Morgan fingerprint density at radius 3 is 1.80 bits per heavy atom. The van der Waals surface area contributed by atoms with Crippen molar-refractivity contribution >= 4 is 5.97 Å². The van der Waals surface area contributed by atoms with Gasteiger partial charge in [0.2, 0.25) is 0 Å². The lowest BCUT2D eigenvalue weighted by atomic mass is 10.0. The lowest BCUT2D eigenvalue weighted by Crippen LogP contribution is -1.92. The minimum absolute atomic E-state index is 0.838. The molecule has 0 bridgehead atoms. The van der Waals surface area contributed by atoms with Crippen LogP contribution in [-0.4, -0.2) is 11.2 Å². The molecular weight excluding hydrogens is 132 g/mol. The van der Waals surface area contributed by atoms with Gasteiger partial charge in [-0.15, -0.1) is 0 Å². The zero-order chi connectivity index (χ0) is 7.82. The Hall–Kier alpha value is -0.830. The number of hydrogen-bond donors (Lipinski definition) is 1. The molecular formula is C7H12O3. The zero-order valence-electron chi connectivity index (χ0n) is 5.88. The molecule has 0 aliphatic heterocycles. The molecule has 3 nitrogen and oxygen atoms in total. The standard InChI is InChI=1S/C4H8.C3H4O3/c1-2-4-3-1;1-2-3(4)6-5/h1-4H2;2,5H,1H2. The van der Waals surface area contributed by atoms with Crippen LogP contribution >= 0.6 is 0 Å². The highest BCUT2D eigenvalue weighted by Gasteiger charge is 1.95. The van der Waals surface area contributed by atoms with Gasteiger partial charge >= 0.3 is 5.97 Å². The van der Waals surface area contributed by atoms with Crippen LogP contribution in [0, 0.1) is 0 Å². The summed E-state index contributed by atoms with van der Waals surface area (Å²) in [4.78, 5) is 12.7. The summed E-state index contributed by atoms with van der Waals surface area (Å²) in [6, 6.07) is 0. The summed E-state index contributed by atoms with van der Waals surface area (Å²) in [5.41, 5.74) is 0. The Bertz CT molecular complexity index is 101. The summed E-state index contributed by atoms with van der Waals surface area (Å²) < 4.78 is 0. The second-order valence-corrected chi connectivity index (χ2v) is 2.03. The van der Waals surface area contributed by atoms with Crippen molar-refractivity contribution in [2.75, 3.05) is 0 Å². The Kier molecular flexibility index (Phi) is 5.77. The summed E-state index contributed by atoms with van der Waals surface area (Å²) in [6.07, 6.45) is 6.86. The number of hydrogen-bond acceptors (Lipinski definition) is 3. The fourth-order valence-corrected chi connectivity index (χ4v) is 0.287. The van der Waals surface area contributed by atoms with Gasteiger partial charge in [-0.2, -0.15) is 5.26 Å². The molecule has 0 saturated heterocycles. The van der Waals surface area contributed by atoms with Crippen molar-refractivity contribution in [1.82, 2.24) is 0 Å². The third-order valence-electron chi connectivity index (χ3n) is 1.26. The normalized spacial score (nSPS) is 13.7. The van der Waals surface area contributed by atoms with Crippen LogP contribution in [0.25, 0.3) is 0 Å². The fraction of sp³-hybridized carbons (Fsp3) is 0.571. The van der Waals surface area contributed by atoms with Crippen molar-refractivity contribution < 1.29 is 14.9 Å². The van der Waals surface area contributed by atoms with Crippen molar-refractivity contribution in [2.24, 2.45) is 0 Å². The molecule has 1 N–H and O–H groups in total. The highest BCUT2D eigenvalue weighted by Crippen LogP contribution is 2.15. The van der Waals surface area contributed by atoms with Crippen LogP contribution < -0.4 is 0 Å². The maximum Gasteiger partial charge on any atom is 0.365 e. The Balaban J connectivity index is 0.000000172. The van der Waals surface area contributed by atoms with Crippen molar-refractivity contribution in [2.45, 2.75) is 25.7 Å². The second-order valence-electron chi connectivity index (χ2n) is 2.03. The Morgan fingerprint density at radius 1 is 1.40 bits per heavy atom. The van der Waals surface area contributed by atoms with Gasteiger partial charge in [-0.1, -0.05) is 32.3 Å². The van der Waals surface area contributed by atoms with Gasteiger partial charge in [0.1, 0.15) is 0 Å². The van der Waals surface area contributed by atoms with Crippen LogP contribution in [0.5, 0.6) is 0 Å². The van der Waals surface area contributed by atoms with Crippen molar-refractivity contribution in [1.29, 1.82) is 0 Å². The SMILES string of the molecule is C1CCC1.C=CC(=O)OO. The molecule has 1 aliphatic rings. The highest BCUT2D eigenvalue weighted by molar-refractivity contribution is 5.80. The summed E-state index contributed by atoms with van der Waals surface area (Å²) in [6.45, 7) is 3.00. The molecule has 3 heteroatoms. The van der Waals surface area contributed by atoms with Gasteiger partial charge in [0, 0.05) is 6.08 Å². The summed E-state index contributed by atoms with van der Waals surface area (Å²) in [5, 5.41) is 7.41. The van der Waals surface area contributed by atoms with Crippen LogP contribution in [0.2, 0.25) is 0 Å². The zero-order valence-corrected chi connectivity index (χ0v) is 5.88. The van der Waals surface area contributed by atoms with Crippen LogP contribution in [0.15, 0.2) is 12.7 Å². The van der Waals surface area contributed by atoms with E-state index in [0.717, 1.165) is 6.08 Å². The Labute approximate surface area is 60.2 Å². The number of carbonyl (C=O) groups excluding carboxylic acids is 1. The molecule has 0 spiro atoms. The average Bonchev–Trinajstić information content (AvgIpc) is 1.83. The maximum atomic E-state index is 9.59. The predicted octanol–water partition coefficient (Wildman–Crippen LogP) is 1.75. The molecule has 0 amide bonds. The molecule has 0 unspecified atom stereocenters. The third-order valence-corrected chi connectivity index (χ3v) is 1.26. The topological polar surface area (TPSA) is 46.5 Å². The first-order valence-corrected chi connectivity index (χ1v) is 3.29. The molecule has 58 valence electrons. The van der Waals surface area contributed by atoms with Crippen molar-refractivity contribution in [3.05, 3.63) is 12.7 Å². The number of carbonyl (C=O) groups is 1. The van der Waals surface area contributed by atoms with Gasteiger partial charge in [-0.05, 0) is 0 Å². The van der Waals surface area contributed by atoms with E-state index in [1.54, 1.807) is 0 Å². The summed E-state index contributed by atoms with van der Waals surface area (Å²) in [7, 11) is 0. The van der Waals surface area contributed by atoms with Crippen LogP contribution in [0.4, 0.5) is 0 Å². The van der Waals surface area contributed by atoms with E-state index in [2.05, 4.69) is 11.5 Å². The minimum atomic E-state index is -0.838. The first-order valence-electron chi connectivity index (χ1n) is 3.29. The maximum absolute atomic E-state index is 9.59. The van der Waals surface area contributed by atoms with Gasteiger partial charge in [0.25, 0.3) is 0 Å². The quantitative estimate of drug-likeness (QED) is 0.346. The summed E-state index contributed by atoms with van der Waals surface area (Å²) >= 11 is 0. The first kappa shape index (κ1) is 9.17. The van der Waals surface area contributed by atoms with E-state index in [1.807, 2.05) is 0 Å². The largest absolute Gasteiger partial charge is 0.365 e. The molecule has 0 aromatic carbocycles. The van der Waals surface area contributed by atoms with Crippen molar-refractivity contribution in [3.63, 3.8) is 0 Å². The van der Waals surface area contributed by atoms with Crippen LogP contribution in [0.3, 0.4) is 0 Å². The number of rotatable bonds is 1. The highest BCUT2D eigenvalue weighted by atomic mass is 17.1. The molecule has 10 heavy (non-hydrogen) atoms. The van der Waals surface area contributed by atoms with Crippen LogP contribution in [0.1, 0.15) is 25.7 Å². The van der Waals surface area contributed by atoms with E-state index in [0.29, 0.717) is 0 Å². The smallest absolute Gasteiger partial charge is 0.296 e. The molecule has 1 fully saturated rings. The lowest BCUT2D eigenvalue weighted by molar-refractivity contribution is -0.228. The van der Waals surface area contributed by atoms with E-state index in [9.17, 15) is 4.79 Å². The first-order chi connectivity index (χ1) is 4.81. The van der Waals surface area contributed by atoms with E-state index in [-0.39, 0.29) is 0 Å². The monoisotopic (exact) mass is 144 g/mol. The van der Waals surface area contributed by atoms with Crippen molar-refractivity contribution in [3.8, 4) is 0 Å². The fourth-order valence-electron chi connectivity index (χ4n) is 0.287. The molecule has 1 saturated carbocycles. The van der Waals surface area contributed by atoms with Gasteiger partial charge in [0.05, 0.1) is 0 Å². The third kappa shape index (κ3) is 5.31. The van der Waals surface area contributed by atoms with Crippen LogP contribution in [-0.2, 0) is 9.68 Å². The second kappa shape index (κ2) is 6.29. The van der Waals surface area contributed by atoms with E-state index in [1.165, 1.54) is 25.7 Å². The Morgan fingerprint density at radius 2 is 1.80 bits per heavy atom. The molecule has 0 aromatic heterocycles. The molecule has 0 heterocycles. The molecule has 0 radical (unpaired) electrons. The average molecular weight is 144 g/mol. The van der Waals surface area contributed by atoms with E-state index >= 15 is 0 Å². The molecule has 1 rings (SSSR count). The van der Waals surface area contributed by atoms with E-state index in [4.69, 9.17) is 5.26 Å². The molecule has 1 aliphatic carbocycles. The van der Waals surface area contributed by atoms with Gasteiger partial charge in [-0.25, -0.2) is 4.79 Å². The molecule has 0 aromatic rings. The molecule has 0 atom stereocenters.